The molecule has 0 spiro atoms. The minimum absolute atomic E-state index is 0.569. The molecular formula is C11H12O2. The highest BCUT2D eigenvalue weighted by atomic mass is 16.5. The average molecular weight is 176 g/mol. The Morgan fingerprint density at radius 2 is 2.15 bits per heavy atom. The first-order valence-electron chi connectivity index (χ1n) is 4.07. The average Bonchev–Trinajstić information content (AvgIpc) is 2.17. The number of carbonyl (C=O) groups is 1. The van der Waals surface area contributed by atoms with Crippen LogP contribution in [0.4, 0.5) is 0 Å². The van der Waals surface area contributed by atoms with E-state index in [0.717, 1.165) is 17.4 Å². The van der Waals surface area contributed by atoms with E-state index in [4.69, 9.17) is 4.74 Å². The molecule has 0 heterocycles. The fourth-order valence-electron chi connectivity index (χ4n) is 1.13. The molecule has 0 aliphatic carbocycles. The fraction of sp³-hybridized carbons (Fsp3) is 0.182. The number of hydrogen-bond donors (Lipinski definition) is 0. The second kappa shape index (κ2) is 5.27. The first-order valence-corrected chi connectivity index (χ1v) is 4.07. The number of methoxy groups -OCH3 is 1. The van der Waals surface area contributed by atoms with Gasteiger partial charge in [-0.3, -0.25) is 4.79 Å². The van der Waals surface area contributed by atoms with Gasteiger partial charge >= 0.3 is 0 Å². The molecule has 1 rings (SSSR count). The SMILES string of the molecule is COCc1ccccc1/C=C/C=O. The molecule has 0 amide bonds. The molecule has 13 heavy (non-hydrogen) atoms. The van der Waals surface area contributed by atoms with Gasteiger partial charge in [-0.15, -0.1) is 0 Å². The molecule has 0 aliphatic heterocycles. The third kappa shape index (κ3) is 2.84. The van der Waals surface area contributed by atoms with E-state index in [1.54, 1.807) is 13.2 Å². The molecule has 0 unspecified atom stereocenters. The molecule has 0 N–H and O–H groups in total. The first kappa shape index (κ1) is 9.68. The molecule has 2 heteroatoms. The smallest absolute Gasteiger partial charge is 0.142 e. The van der Waals surface area contributed by atoms with E-state index >= 15 is 0 Å². The Kier molecular flexibility index (Phi) is 3.93. The van der Waals surface area contributed by atoms with Crippen LogP contribution in [0.2, 0.25) is 0 Å². The van der Waals surface area contributed by atoms with Gasteiger partial charge in [0.1, 0.15) is 6.29 Å². The summed E-state index contributed by atoms with van der Waals surface area (Å²) in [5.74, 6) is 0. The van der Waals surface area contributed by atoms with Gasteiger partial charge in [0.15, 0.2) is 0 Å². The van der Waals surface area contributed by atoms with E-state index in [2.05, 4.69) is 0 Å². The van der Waals surface area contributed by atoms with Crippen molar-refractivity contribution in [1.29, 1.82) is 0 Å². The Bertz CT molecular complexity index is 303. The second-order valence-electron chi connectivity index (χ2n) is 2.63. The van der Waals surface area contributed by atoms with E-state index in [-0.39, 0.29) is 0 Å². The van der Waals surface area contributed by atoms with Gasteiger partial charge in [-0.05, 0) is 17.2 Å². The van der Waals surface area contributed by atoms with Crippen molar-refractivity contribution < 1.29 is 9.53 Å². The largest absolute Gasteiger partial charge is 0.380 e. The lowest BCUT2D eigenvalue weighted by atomic mass is 10.1. The van der Waals surface area contributed by atoms with Gasteiger partial charge in [0.25, 0.3) is 0 Å². The Morgan fingerprint density at radius 3 is 2.85 bits per heavy atom. The van der Waals surface area contributed by atoms with Crippen molar-refractivity contribution >= 4 is 12.4 Å². The van der Waals surface area contributed by atoms with E-state index in [1.807, 2.05) is 24.3 Å². The highest BCUT2D eigenvalue weighted by molar-refractivity contribution is 5.74. The predicted molar refractivity (Wildman–Crippen MR) is 52.3 cm³/mol. The highest BCUT2D eigenvalue weighted by Crippen LogP contribution is 2.11. The maximum absolute atomic E-state index is 10.1. The number of rotatable bonds is 4. The van der Waals surface area contributed by atoms with Crippen LogP contribution in [0.3, 0.4) is 0 Å². The first-order chi connectivity index (χ1) is 6.38. The number of carbonyl (C=O) groups excluding carboxylic acids is 1. The lowest BCUT2D eigenvalue weighted by molar-refractivity contribution is -0.104. The minimum Gasteiger partial charge on any atom is -0.380 e. The Hall–Kier alpha value is -1.41. The van der Waals surface area contributed by atoms with Gasteiger partial charge in [-0.2, -0.15) is 0 Å². The molecule has 0 bridgehead atoms. The van der Waals surface area contributed by atoms with Crippen LogP contribution in [0.15, 0.2) is 30.3 Å². The summed E-state index contributed by atoms with van der Waals surface area (Å²) in [5, 5.41) is 0. The number of allylic oxidation sites excluding steroid dienone is 1. The van der Waals surface area contributed by atoms with Crippen LogP contribution in [0.25, 0.3) is 6.08 Å². The van der Waals surface area contributed by atoms with Crippen LogP contribution in [-0.4, -0.2) is 13.4 Å². The maximum atomic E-state index is 10.1. The molecule has 0 saturated carbocycles. The van der Waals surface area contributed by atoms with E-state index in [0.29, 0.717) is 6.61 Å². The summed E-state index contributed by atoms with van der Waals surface area (Å²) in [5.41, 5.74) is 2.11. The van der Waals surface area contributed by atoms with Crippen LogP contribution in [0, 0.1) is 0 Å². The van der Waals surface area contributed by atoms with Gasteiger partial charge in [0.05, 0.1) is 6.61 Å². The van der Waals surface area contributed by atoms with E-state index in [9.17, 15) is 4.79 Å². The van der Waals surface area contributed by atoms with Gasteiger partial charge < -0.3 is 4.74 Å². The minimum atomic E-state index is 0.569. The van der Waals surface area contributed by atoms with Crippen molar-refractivity contribution in [2.75, 3.05) is 7.11 Å². The zero-order valence-electron chi connectivity index (χ0n) is 7.57. The molecule has 0 atom stereocenters. The molecule has 0 radical (unpaired) electrons. The molecule has 0 fully saturated rings. The van der Waals surface area contributed by atoms with Gasteiger partial charge in [0.2, 0.25) is 0 Å². The zero-order valence-corrected chi connectivity index (χ0v) is 7.57. The van der Waals surface area contributed by atoms with Crippen LogP contribution < -0.4 is 0 Å². The summed E-state index contributed by atoms with van der Waals surface area (Å²) in [6.45, 7) is 0.569. The molecule has 1 aromatic carbocycles. The molecule has 1 aromatic rings. The molecular weight excluding hydrogens is 164 g/mol. The summed E-state index contributed by atoms with van der Waals surface area (Å²) >= 11 is 0. The molecule has 2 nitrogen and oxygen atoms in total. The summed E-state index contributed by atoms with van der Waals surface area (Å²) in [7, 11) is 1.65. The third-order valence-corrected chi connectivity index (χ3v) is 1.71. The van der Waals surface area contributed by atoms with Crippen molar-refractivity contribution in [2.24, 2.45) is 0 Å². The van der Waals surface area contributed by atoms with Crippen molar-refractivity contribution in [3.05, 3.63) is 41.5 Å². The Morgan fingerprint density at radius 1 is 1.38 bits per heavy atom. The monoisotopic (exact) mass is 176 g/mol. The van der Waals surface area contributed by atoms with Crippen molar-refractivity contribution in [1.82, 2.24) is 0 Å². The van der Waals surface area contributed by atoms with Gasteiger partial charge in [-0.1, -0.05) is 30.3 Å². The molecule has 0 aliphatic rings. The lowest BCUT2D eigenvalue weighted by Crippen LogP contribution is -1.90. The molecule has 0 aromatic heterocycles. The molecule has 68 valence electrons. The van der Waals surface area contributed by atoms with Gasteiger partial charge in [0, 0.05) is 7.11 Å². The topological polar surface area (TPSA) is 26.3 Å². The quantitative estimate of drug-likeness (QED) is 0.518. The Labute approximate surface area is 77.8 Å². The van der Waals surface area contributed by atoms with Crippen molar-refractivity contribution in [3.63, 3.8) is 0 Å². The fourth-order valence-corrected chi connectivity index (χ4v) is 1.13. The van der Waals surface area contributed by atoms with E-state index in [1.165, 1.54) is 6.08 Å². The van der Waals surface area contributed by atoms with Gasteiger partial charge in [-0.25, -0.2) is 0 Å². The standard InChI is InChI=1S/C11H12O2/c1-13-9-11-6-3-2-5-10(11)7-4-8-12/h2-8H,9H2,1H3/b7-4+. The number of benzene rings is 1. The van der Waals surface area contributed by atoms with Crippen molar-refractivity contribution in [2.45, 2.75) is 6.61 Å². The number of hydrogen-bond acceptors (Lipinski definition) is 2. The highest BCUT2D eigenvalue weighted by Gasteiger charge is 1.96. The van der Waals surface area contributed by atoms with Crippen LogP contribution in [-0.2, 0) is 16.1 Å². The summed E-state index contributed by atoms with van der Waals surface area (Å²) in [4.78, 5) is 10.1. The second-order valence-corrected chi connectivity index (χ2v) is 2.63. The summed E-state index contributed by atoms with van der Waals surface area (Å²) in [6, 6.07) is 7.82. The zero-order chi connectivity index (χ0) is 9.52. The molecule has 0 saturated heterocycles. The van der Waals surface area contributed by atoms with Crippen LogP contribution >= 0.6 is 0 Å². The summed E-state index contributed by atoms with van der Waals surface area (Å²) < 4.78 is 5.03. The van der Waals surface area contributed by atoms with E-state index < -0.39 is 0 Å². The van der Waals surface area contributed by atoms with Crippen LogP contribution in [0.1, 0.15) is 11.1 Å². The summed E-state index contributed by atoms with van der Waals surface area (Å²) in [6.07, 6.45) is 4.03. The lowest BCUT2D eigenvalue weighted by Gasteiger charge is -2.03. The normalized spacial score (nSPS) is 10.5. The van der Waals surface area contributed by atoms with Crippen molar-refractivity contribution in [3.8, 4) is 0 Å². The third-order valence-electron chi connectivity index (χ3n) is 1.71. The Balaban J connectivity index is 2.90. The van der Waals surface area contributed by atoms with Crippen LogP contribution in [0.5, 0.6) is 0 Å². The number of ether oxygens (including phenoxy) is 1. The number of aldehydes is 1. The predicted octanol–water partition coefficient (Wildman–Crippen LogP) is 2.05. The maximum Gasteiger partial charge on any atom is 0.142 e.